The van der Waals surface area contributed by atoms with Crippen LogP contribution in [0.15, 0.2) is 188 Å². The monoisotopic (exact) mass is 729 g/mol. The molecule has 1 spiro atoms. The van der Waals surface area contributed by atoms with Gasteiger partial charge in [-0.3, -0.25) is 0 Å². The van der Waals surface area contributed by atoms with Crippen molar-refractivity contribution in [3.8, 4) is 66.9 Å². The zero-order valence-corrected chi connectivity index (χ0v) is 31.0. The molecular formula is C52H31N3S. The SMILES string of the molecule is c1ccc(-c2nc(-c3ccc(-c4cccc5c4-c4ccccc4C54c5ccccc5-c5sc6ccccc6c54)cc3)nc(-c3ccc4ccccc4c3)n2)cc1. The van der Waals surface area contributed by atoms with Crippen LogP contribution in [0.25, 0.3) is 87.7 Å². The summed E-state index contributed by atoms with van der Waals surface area (Å²) in [6, 6.07) is 67.7. The van der Waals surface area contributed by atoms with Gasteiger partial charge in [-0.25, -0.2) is 15.0 Å². The van der Waals surface area contributed by atoms with Crippen LogP contribution >= 0.6 is 11.3 Å². The molecule has 0 bridgehead atoms. The first-order valence-electron chi connectivity index (χ1n) is 19.0. The second-order valence-electron chi connectivity index (χ2n) is 14.7. The summed E-state index contributed by atoms with van der Waals surface area (Å²) in [5, 5.41) is 3.68. The fraction of sp³-hybridized carbons (Fsp3) is 0.0192. The molecule has 2 aliphatic rings. The Morgan fingerprint density at radius 2 is 0.929 bits per heavy atom. The van der Waals surface area contributed by atoms with Crippen LogP contribution < -0.4 is 0 Å². The molecule has 1 atom stereocenters. The van der Waals surface area contributed by atoms with Crippen molar-refractivity contribution in [3.63, 3.8) is 0 Å². The highest BCUT2D eigenvalue weighted by Crippen LogP contribution is 2.66. The maximum absolute atomic E-state index is 5.09. The van der Waals surface area contributed by atoms with E-state index in [4.69, 9.17) is 15.0 Å². The fourth-order valence-corrected chi connectivity index (χ4v) is 10.7. The molecule has 0 saturated carbocycles. The number of hydrogen-bond donors (Lipinski definition) is 0. The van der Waals surface area contributed by atoms with Crippen molar-refractivity contribution in [1.29, 1.82) is 0 Å². The van der Waals surface area contributed by atoms with Crippen molar-refractivity contribution < 1.29 is 0 Å². The zero-order chi connectivity index (χ0) is 36.8. The van der Waals surface area contributed by atoms with Gasteiger partial charge in [-0.15, -0.1) is 11.3 Å². The van der Waals surface area contributed by atoms with Crippen LogP contribution in [0.5, 0.6) is 0 Å². The number of benzene rings is 8. The van der Waals surface area contributed by atoms with Crippen molar-refractivity contribution >= 4 is 32.2 Å². The molecule has 0 amide bonds. The van der Waals surface area contributed by atoms with Crippen LogP contribution in [-0.4, -0.2) is 15.0 Å². The first-order chi connectivity index (χ1) is 27.8. The Bertz CT molecular complexity index is 3200. The molecule has 2 heterocycles. The highest BCUT2D eigenvalue weighted by molar-refractivity contribution is 7.22. The van der Waals surface area contributed by atoms with E-state index in [-0.39, 0.29) is 0 Å². The minimum absolute atomic E-state index is 0.398. The molecule has 10 aromatic rings. The van der Waals surface area contributed by atoms with Gasteiger partial charge in [0.25, 0.3) is 0 Å². The highest BCUT2D eigenvalue weighted by Gasteiger charge is 2.53. The Labute approximate surface area is 328 Å². The molecule has 0 aliphatic heterocycles. The van der Waals surface area contributed by atoms with Gasteiger partial charge in [0.05, 0.1) is 5.41 Å². The Kier molecular flexibility index (Phi) is 6.72. The third kappa shape index (κ3) is 4.42. The Balaban J connectivity index is 1.02. The van der Waals surface area contributed by atoms with Gasteiger partial charge in [0.15, 0.2) is 17.5 Å². The van der Waals surface area contributed by atoms with Crippen LogP contribution in [0.1, 0.15) is 22.3 Å². The largest absolute Gasteiger partial charge is 0.208 e. The standard InChI is InChI=1S/C52H31N3S/c1-2-14-34(15-3-1)49-53-50(55-51(54-49)37-30-25-32-13-4-5-16-36(32)31-37)35-28-26-33(27-29-35)38-20-12-23-44-46(38)39-17-6-9-21-42(39)52(44)43-22-10-7-18-40(43)48-47(52)41-19-8-11-24-45(41)56-48/h1-31H. The van der Waals surface area contributed by atoms with E-state index < -0.39 is 5.41 Å². The molecule has 260 valence electrons. The normalized spacial score (nSPS) is 14.9. The first-order valence-corrected chi connectivity index (χ1v) is 19.8. The van der Waals surface area contributed by atoms with Gasteiger partial charge in [-0.05, 0) is 78.4 Å². The van der Waals surface area contributed by atoms with Crippen LogP contribution in [0, 0.1) is 0 Å². The zero-order valence-electron chi connectivity index (χ0n) is 30.1. The molecule has 1 unspecified atom stereocenters. The van der Waals surface area contributed by atoms with Gasteiger partial charge in [-0.2, -0.15) is 0 Å². The minimum atomic E-state index is -0.398. The summed E-state index contributed by atoms with van der Waals surface area (Å²) in [5.41, 5.74) is 14.3. The van der Waals surface area contributed by atoms with Crippen molar-refractivity contribution in [1.82, 2.24) is 15.0 Å². The van der Waals surface area contributed by atoms with E-state index in [1.54, 1.807) is 0 Å². The molecule has 0 radical (unpaired) electrons. The number of rotatable bonds is 4. The van der Waals surface area contributed by atoms with Gasteiger partial charge in [0.2, 0.25) is 0 Å². The van der Waals surface area contributed by atoms with Gasteiger partial charge >= 0.3 is 0 Å². The van der Waals surface area contributed by atoms with Gasteiger partial charge in [0, 0.05) is 26.3 Å². The van der Waals surface area contributed by atoms with E-state index in [9.17, 15) is 0 Å². The lowest BCUT2D eigenvalue weighted by Gasteiger charge is -2.30. The number of fused-ring (bicyclic) bond motifs is 13. The number of aromatic nitrogens is 3. The second kappa shape index (κ2) is 12.0. The summed E-state index contributed by atoms with van der Waals surface area (Å²) < 4.78 is 1.33. The predicted octanol–water partition coefficient (Wildman–Crippen LogP) is 13.3. The summed E-state index contributed by atoms with van der Waals surface area (Å²) in [4.78, 5) is 16.5. The molecule has 2 aliphatic carbocycles. The Morgan fingerprint density at radius 3 is 1.73 bits per heavy atom. The van der Waals surface area contributed by atoms with E-state index >= 15 is 0 Å². The predicted molar refractivity (Wildman–Crippen MR) is 231 cm³/mol. The van der Waals surface area contributed by atoms with Gasteiger partial charge in [-0.1, -0.05) is 176 Å². The lowest BCUT2D eigenvalue weighted by Crippen LogP contribution is -2.25. The van der Waals surface area contributed by atoms with Crippen molar-refractivity contribution in [2.24, 2.45) is 0 Å². The summed E-state index contributed by atoms with van der Waals surface area (Å²) in [5.74, 6) is 1.96. The van der Waals surface area contributed by atoms with Gasteiger partial charge < -0.3 is 0 Å². The minimum Gasteiger partial charge on any atom is -0.208 e. The lowest BCUT2D eigenvalue weighted by molar-refractivity contribution is 0.803. The highest BCUT2D eigenvalue weighted by atomic mass is 32.1. The Hall–Kier alpha value is -7.01. The van der Waals surface area contributed by atoms with Gasteiger partial charge in [0.1, 0.15) is 0 Å². The fourth-order valence-electron chi connectivity index (χ4n) is 9.36. The van der Waals surface area contributed by atoms with E-state index in [1.807, 2.05) is 29.5 Å². The summed E-state index contributed by atoms with van der Waals surface area (Å²) in [7, 11) is 0. The number of thiophene rings is 1. The molecule has 56 heavy (non-hydrogen) atoms. The topological polar surface area (TPSA) is 38.7 Å². The quantitative estimate of drug-likeness (QED) is 0.181. The van der Waals surface area contributed by atoms with Crippen molar-refractivity contribution in [3.05, 3.63) is 210 Å². The van der Waals surface area contributed by atoms with Crippen LogP contribution in [0.2, 0.25) is 0 Å². The molecule has 0 saturated heterocycles. The molecule has 0 fully saturated rings. The van der Waals surface area contributed by atoms with E-state index in [2.05, 4.69) is 170 Å². The van der Waals surface area contributed by atoms with Crippen LogP contribution in [0.3, 0.4) is 0 Å². The molecule has 12 rings (SSSR count). The maximum atomic E-state index is 5.09. The maximum Gasteiger partial charge on any atom is 0.164 e. The number of hydrogen-bond acceptors (Lipinski definition) is 4. The number of nitrogens with zero attached hydrogens (tertiary/aromatic N) is 3. The summed E-state index contributed by atoms with van der Waals surface area (Å²) in [6.07, 6.45) is 0. The molecule has 4 heteroatoms. The van der Waals surface area contributed by atoms with Crippen molar-refractivity contribution in [2.45, 2.75) is 5.41 Å². The van der Waals surface area contributed by atoms with E-state index in [0.717, 1.165) is 27.6 Å². The van der Waals surface area contributed by atoms with E-state index in [1.165, 1.54) is 64.9 Å². The third-order valence-electron chi connectivity index (χ3n) is 11.7. The summed E-state index contributed by atoms with van der Waals surface area (Å²) >= 11 is 1.92. The van der Waals surface area contributed by atoms with Crippen molar-refractivity contribution in [2.75, 3.05) is 0 Å². The lowest BCUT2D eigenvalue weighted by atomic mass is 9.70. The van der Waals surface area contributed by atoms with E-state index in [0.29, 0.717) is 17.5 Å². The molecule has 0 N–H and O–H groups in total. The smallest absolute Gasteiger partial charge is 0.164 e. The van der Waals surface area contributed by atoms with Crippen LogP contribution in [-0.2, 0) is 5.41 Å². The first kappa shape index (κ1) is 31.4. The average Bonchev–Trinajstić information content (AvgIpc) is 3.90. The Morgan fingerprint density at radius 1 is 0.375 bits per heavy atom. The third-order valence-corrected chi connectivity index (χ3v) is 12.9. The average molecular weight is 730 g/mol. The summed E-state index contributed by atoms with van der Waals surface area (Å²) in [6.45, 7) is 0. The molecule has 3 nitrogen and oxygen atoms in total. The second-order valence-corrected chi connectivity index (χ2v) is 15.7. The molecular weight excluding hydrogens is 699 g/mol. The molecule has 2 aromatic heterocycles. The van der Waals surface area contributed by atoms with Crippen LogP contribution in [0.4, 0.5) is 0 Å². The molecule has 8 aromatic carbocycles.